The van der Waals surface area contributed by atoms with E-state index in [4.69, 9.17) is 4.74 Å². The highest BCUT2D eigenvalue weighted by Crippen LogP contribution is 2.23. The van der Waals surface area contributed by atoms with E-state index in [9.17, 15) is 9.18 Å². The van der Waals surface area contributed by atoms with E-state index in [1.807, 2.05) is 6.92 Å². The topological polar surface area (TPSA) is 26.3 Å². The lowest BCUT2D eigenvalue weighted by Gasteiger charge is -2.10. The van der Waals surface area contributed by atoms with E-state index >= 15 is 0 Å². The largest absolute Gasteiger partial charge is 0.497 e. The molecule has 76 valence electrons. The summed E-state index contributed by atoms with van der Waals surface area (Å²) < 4.78 is 18.0. The van der Waals surface area contributed by atoms with Crippen LogP contribution in [0.2, 0.25) is 0 Å². The molecule has 0 saturated heterocycles. The van der Waals surface area contributed by atoms with Gasteiger partial charge in [-0.3, -0.25) is 0 Å². The molecule has 0 bridgehead atoms. The van der Waals surface area contributed by atoms with Gasteiger partial charge in [0.05, 0.1) is 7.11 Å². The SMILES string of the molecule is COc1cc(F)cc(C(C)CC=O)c1. The molecule has 0 heterocycles. The number of methoxy groups -OCH3 is 1. The monoisotopic (exact) mass is 196 g/mol. The van der Waals surface area contributed by atoms with Gasteiger partial charge in [-0.25, -0.2) is 4.39 Å². The van der Waals surface area contributed by atoms with E-state index in [0.717, 1.165) is 11.8 Å². The molecule has 1 rings (SSSR count). The minimum Gasteiger partial charge on any atom is -0.497 e. The van der Waals surface area contributed by atoms with Gasteiger partial charge in [-0.15, -0.1) is 0 Å². The number of aldehydes is 1. The van der Waals surface area contributed by atoms with Crippen molar-refractivity contribution >= 4 is 6.29 Å². The maximum Gasteiger partial charge on any atom is 0.127 e. The van der Waals surface area contributed by atoms with Gasteiger partial charge in [0.1, 0.15) is 17.9 Å². The van der Waals surface area contributed by atoms with E-state index in [1.165, 1.54) is 19.2 Å². The summed E-state index contributed by atoms with van der Waals surface area (Å²) in [4.78, 5) is 10.3. The molecule has 1 aromatic rings. The van der Waals surface area contributed by atoms with Crippen LogP contribution in [0.25, 0.3) is 0 Å². The highest BCUT2D eigenvalue weighted by atomic mass is 19.1. The van der Waals surface area contributed by atoms with E-state index in [0.29, 0.717) is 12.2 Å². The molecule has 0 radical (unpaired) electrons. The van der Waals surface area contributed by atoms with Crippen molar-refractivity contribution in [1.82, 2.24) is 0 Å². The number of benzene rings is 1. The van der Waals surface area contributed by atoms with Gasteiger partial charge in [0.25, 0.3) is 0 Å². The van der Waals surface area contributed by atoms with Crippen LogP contribution in [-0.4, -0.2) is 13.4 Å². The van der Waals surface area contributed by atoms with Crippen LogP contribution < -0.4 is 4.74 Å². The van der Waals surface area contributed by atoms with Crippen LogP contribution in [0.1, 0.15) is 24.8 Å². The van der Waals surface area contributed by atoms with Crippen LogP contribution in [0.4, 0.5) is 4.39 Å². The molecule has 0 aromatic heterocycles. The molecule has 3 heteroatoms. The Morgan fingerprint density at radius 2 is 2.21 bits per heavy atom. The first-order chi connectivity index (χ1) is 6.67. The Kier molecular flexibility index (Phi) is 3.63. The summed E-state index contributed by atoms with van der Waals surface area (Å²) in [5, 5.41) is 0. The number of ether oxygens (including phenoxy) is 1. The van der Waals surface area contributed by atoms with Crippen LogP contribution in [0.15, 0.2) is 18.2 Å². The minimum atomic E-state index is -0.336. The molecule has 0 saturated carbocycles. The minimum absolute atomic E-state index is 0.0251. The first-order valence-corrected chi connectivity index (χ1v) is 4.45. The van der Waals surface area contributed by atoms with Gasteiger partial charge in [0, 0.05) is 12.5 Å². The average molecular weight is 196 g/mol. The molecule has 1 atom stereocenters. The van der Waals surface area contributed by atoms with Crippen molar-refractivity contribution in [2.75, 3.05) is 7.11 Å². The Morgan fingerprint density at radius 1 is 1.50 bits per heavy atom. The third kappa shape index (κ3) is 2.55. The van der Waals surface area contributed by atoms with Crippen molar-refractivity contribution < 1.29 is 13.9 Å². The molecule has 1 aromatic carbocycles. The van der Waals surface area contributed by atoms with Crippen molar-refractivity contribution in [3.8, 4) is 5.75 Å². The van der Waals surface area contributed by atoms with Gasteiger partial charge in [-0.05, 0) is 23.6 Å². The fourth-order valence-corrected chi connectivity index (χ4v) is 1.27. The number of hydrogen-bond donors (Lipinski definition) is 0. The third-order valence-corrected chi connectivity index (χ3v) is 2.15. The highest BCUT2D eigenvalue weighted by molar-refractivity contribution is 5.51. The van der Waals surface area contributed by atoms with Crippen molar-refractivity contribution in [2.24, 2.45) is 0 Å². The molecule has 0 aliphatic heterocycles. The first kappa shape index (κ1) is 10.7. The van der Waals surface area contributed by atoms with Crippen molar-refractivity contribution in [1.29, 1.82) is 0 Å². The highest BCUT2D eigenvalue weighted by Gasteiger charge is 2.08. The van der Waals surface area contributed by atoms with Crippen LogP contribution in [0.3, 0.4) is 0 Å². The van der Waals surface area contributed by atoms with Gasteiger partial charge in [0.15, 0.2) is 0 Å². The summed E-state index contributed by atoms with van der Waals surface area (Å²) in [6, 6.07) is 4.49. The molecule has 0 N–H and O–H groups in total. The predicted molar refractivity (Wildman–Crippen MR) is 52.0 cm³/mol. The standard InChI is InChI=1S/C11H13FO2/c1-8(3-4-13)9-5-10(12)7-11(6-9)14-2/h4-8H,3H2,1-2H3. The molecular formula is C11H13FO2. The van der Waals surface area contributed by atoms with Gasteiger partial charge < -0.3 is 9.53 Å². The summed E-state index contributed by atoms with van der Waals surface area (Å²) >= 11 is 0. The van der Waals surface area contributed by atoms with E-state index < -0.39 is 0 Å². The van der Waals surface area contributed by atoms with Gasteiger partial charge in [-0.2, -0.15) is 0 Å². The van der Waals surface area contributed by atoms with Gasteiger partial charge in [-0.1, -0.05) is 6.92 Å². The summed E-state index contributed by atoms with van der Waals surface area (Å²) in [5.41, 5.74) is 0.786. The number of hydrogen-bond acceptors (Lipinski definition) is 2. The Hall–Kier alpha value is -1.38. The lowest BCUT2D eigenvalue weighted by molar-refractivity contribution is -0.108. The second-order valence-corrected chi connectivity index (χ2v) is 3.23. The third-order valence-electron chi connectivity index (χ3n) is 2.15. The van der Waals surface area contributed by atoms with E-state index in [2.05, 4.69) is 0 Å². The summed E-state index contributed by atoms with van der Waals surface area (Å²) in [6.45, 7) is 1.88. The fourth-order valence-electron chi connectivity index (χ4n) is 1.27. The Bertz CT molecular complexity index is 323. The van der Waals surface area contributed by atoms with E-state index in [1.54, 1.807) is 6.07 Å². The molecule has 0 spiro atoms. The zero-order chi connectivity index (χ0) is 10.6. The quantitative estimate of drug-likeness (QED) is 0.692. The summed E-state index contributed by atoms with van der Waals surface area (Å²) in [7, 11) is 1.49. The van der Waals surface area contributed by atoms with Crippen molar-refractivity contribution in [3.05, 3.63) is 29.6 Å². The molecule has 1 unspecified atom stereocenters. The second-order valence-electron chi connectivity index (χ2n) is 3.23. The lowest BCUT2D eigenvalue weighted by atomic mass is 9.98. The maximum absolute atomic E-state index is 13.0. The van der Waals surface area contributed by atoms with E-state index in [-0.39, 0.29) is 11.7 Å². The van der Waals surface area contributed by atoms with Crippen LogP contribution in [0.5, 0.6) is 5.75 Å². The van der Waals surface area contributed by atoms with Crippen LogP contribution in [0, 0.1) is 5.82 Å². The van der Waals surface area contributed by atoms with Crippen molar-refractivity contribution in [2.45, 2.75) is 19.3 Å². The normalized spacial score (nSPS) is 12.2. The molecule has 2 nitrogen and oxygen atoms in total. The number of halogens is 1. The molecule has 14 heavy (non-hydrogen) atoms. The van der Waals surface area contributed by atoms with Gasteiger partial charge >= 0.3 is 0 Å². The number of rotatable bonds is 4. The molecular weight excluding hydrogens is 183 g/mol. The van der Waals surface area contributed by atoms with Crippen LogP contribution in [-0.2, 0) is 4.79 Å². The fraction of sp³-hybridized carbons (Fsp3) is 0.364. The Balaban J connectivity index is 2.96. The first-order valence-electron chi connectivity index (χ1n) is 4.45. The van der Waals surface area contributed by atoms with Crippen LogP contribution >= 0.6 is 0 Å². The molecule has 0 fully saturated rings. The van der Waals surface area contributed by atoms with Crippen molar-refractivity contribution in [3.63, 3.8) is 0 Å². The smallest absolute Gasteiger partial charge is 0.127 e. The second kappa shape index (κ2) is 4.74. The van der Waals surface area contributed by atoms with Gasteiger partial charge in [0.2, 0.25) is 0 Å². The molecule has 0 amide bonds. The number of carbonyl (C=O) groups is 1. The zero-order valence-corrected chi connectivity index (χ0v) is 8.29. The number of carbonyl (C=O) groups excluding carboxylic acids is 1. The predicted octanol–water partition coefficient (Wildman–Crippen LogP) is 2.53. The Morgan fingerprint density at radius 3 is 2.79 bits per heavy atom. The maximum atomic E-state index is 13.0. The lowest BCUT2D eigenvalue weighted by Crippen LogP contribution is -1.96. The average Bonchev–Trinajstić information content (AvgIpc) is 2.17. The molecule has 0 aliphatic carbocycles. The zero-order valence-electron chi connectivity index (χ0n) is 8.29. The summed E-state index contributed by atoms with van der Waals surface area (Å²) in [5.74, 6) is 0.173. The Labute approximate surface area is 82.7 Å². The summed E-state index contributed by atoms with van der Waals surface area (Å²) in [6.07, 6.45) is 1.23. The molecule has 0 aliphatic rings.